The molecule has 0 heterocycles. The van der Waals surface area contributed by atoms with Crippen LogP contribution in [0.4, 0.5) is 0 Å². The molecule has 88 valence electrons. The summed E-state index contributed by atoms with van der Waals surface area (Å²) >= 11 is 0. The van der Waals surface area contributed by atoms with Gasteiger partial charge in [-0.05, 0) is 24.1 Å². The monoisotopic (exact) mass is 241 g/mol. The van der Waals surface area contributed by atoms with Crippen molar-refractivity contribution in [2.75, 3.05) is 13.3 Å². The molecule has 1 aromatic rings. The molecule has 0 unspecified atom stereocenters. The fourth-order valence-electron chi connectivity index (χ4n) is 1.44. The summed E-state index contributed by atoms with van der Waals surface area (Å²) in [5, 5.41) is 2.50. The molecule has 1 rings (SSSR count). The van der Waals surface area contributed by atoms with Crippen molar-refractivity contribution in [3.05, 3.63) is 29.3 Å². The molecule has 0 radical (unpaired) electrons. The van der Waals surface area contributed by atoms with Gasteiger partial charge in [0.1, 0.15) is 0 Å². The largest absolute Gasteiger partial charge is 0.355 e. The van der Waals surface area contributed by atoms with Crippen molar-refractivity contribution < 1.29 is 13.2 Å². The molecule has 16 heavy (non-hydrogen) atoms. The standard InChI is InChI=1S/C11H15NO3S/c1-4-8-5-6-9(16(3,14)15)7-10(8)11(13)12-2/h5-7H,4H2,1-3H3,(H,12,13). The van der Waals surface area contributed by atoms with Gasteiger partial charge in [-0.25, -0.2) is 8.42 Å². The molecule has 0 aromatic heterocycles. The van der Waals surface area contributed by atoms with Gasteiger partial charge in [-0.1, -0.05) is 13.0 Å². The Hall–Kier alpha value is -1.36. The molecule has 0 spiro atoms. The molecule has 1 aromatic carbocycles. The molecule has 5 heteroatoms. The average Bonchev–Trinajstić information content (AvgIpc) is 2.25. The first kappa shape index (κ1) is 12.7. The number of rotatable bonds is 3. The number of sulfone groups is 1. The molecule has 1 amide bonds. The van der Waals surface area contributed by atoms with Gasteiger partial charge in [0.15, 0.2) is 9.84 Å². The smallest absolute Gasteiger partial charge is 0.251 e. The molecule has 4 nitrogen and oxygen atoms in total. The van der Waals surface area contributed by atoms with E-state index in [-0.39, 0.29) is 10.8 Å². The van der Waals surface area contributed by atoms with Gasteiger partial charge in [-0.3, -0.25) is 4.79 Å². The van der Waals surface area contributed by atoms with Gasteiger partial charge in [-0.15, -0.1) is 0 Å². The third kappa shape index (κ3) is 2.61. The summed E-state index contributed by atoms with van der Waals surface area (Å²) in [4.78, 5) is 11.7. The molecule has 0 fully saturated rings. The number of hydrogen-bond donors (Lipinski definition) is 1. The molecule has 0 aliphatic heterocycles. The second-order valence-corrected chi connectivity index (χ2v) is 5.54. The SMILES string of the molecule is CCc1ccc(S(C)(=O)=O)cc1C(=O)NC. The minimum atomic E-state index is -3.27. The van der Waals surface area contributed by atoms with Crippen LogP contribution in [0.2, 0.25) is 0 Å². The number of carbonyl (C=O) groups is 1. The zero-order chi connectivity index (χ0) is 12.3. The van der Waals surface area contributed by atoms with E-state index in [0.717, 1.165) is 11.8 Å². The maximum Gasteiger partial charge on any atom is 0.251 e. The van der Waals surface area contributed by atoms with E-state index in [1.165, 1.54) is 19.2 Å². The van der Waals surface area contributed by atoms with Crippen LogP contribution in [-0.4, -0.2) is 27.6 Å². The first-order valence-corrected chi connectivity index (χ1v) is 6.84. The van der Waals surface area contributed by atoms with Crippen molar-refractivity contribution in [1.29, 1.82) is 0 Å². The summed E-state index contributed by atoms with van der Waals surface area (Å²) in [5.41, 5.74) is 1.26. The highest BCUT2D eigenvalue weighted by Gasteiger charge is 2.14. The summed E-state index contributed by atoms with van der Waals surface area (Å²) < 4.78 is 22.7. The van der Waals surface area contributed by atoms with Crippen LogP contribution >= 0.6 is 0 Å². The Labute approximate surface area is 95.6 Å². The summed E-state index contributed by atoms with van der Waals surface area (Å²) in [7, 11) is -1.75. The summed E-state index contributed by atoms with van der Waals surface area (Å²) in [6.45, 7) is 1.92. The van der Waals surface area contributed by atoms with Crippen molar-refractivity contribution in [3.8, 4) is 0 Å². The second kappa shape index (κ2) is 4.65. The highest BCUT2D eigenvalue weighted by atomic mass is 32.2. The third-order valence-corrected chi connectivity index (χ3v) is 3.47. The Morgan fingerprint density at radius 1 is 1.38 bits per heavy atom. The normalized spacial score (nSPS) is 11.2. The minimum Gasteiger partial charge on any atom is -0.355 e. The fourth-order valence-corrected chi connectivity index (χ4v) is 2.09. The predicted octanol–water partition coefficient (Wildman–Crippen LogP) is 1.01. The van der Waals surface area contributed by atoms with E-state index in [2.05, 4.69) is 5.32 Å². The van der Waals surface area contributed by atoms with Crippen molar-refractivity contribution in [2.45, 2.75) is 18.2 Å². The van der Waals surface area contributed by atoms with Gasteiger partial charge in [0.2, 0.25) is 0 Å². The summed E-state index contributed by atoms with van der Waals surface area (Å²) in [6, 6.07) is 4.63. The summed E-state index contributed by atoms with van der Waals surface area (Å²) in [5.74, 6) is -0.262. The highest BCUT2D eigenvalue weighted by Crippen LogP contribution is 2.16. The van der Waals surface area contributed by atoms with Crippen LogP contribution in [0.25, 0.3) is 0 Å². The van der Waals surface area contributed by atoms with Crippen molar-refractivity contribution in [2.24, 2.45) is 0 Å². The first-order valence-electron chi connectivity index (χ1n) is 4.95. The van der Waals surface area contributed by atoms with Crippen LogP contribution in [0, 0.1) is 0 Å². The molecule has 1 N–H and O–H groups in total. The number of hydrogen-bond acceptors (Lipinski definition) is 3. The van der Waals surface area contributed by atoms with E-state index in [1.807, 2.05) is 6.92 Å². The van der Waals surface area contributed by atoms with Crippen molar-refractivity contribution >= 4 is 15.7 Å². The predicted molar refractivity (Wildman–Crippen MR) is 62.3 cm³/mol. The maximum atomic E-state index is 11.6. The van der Waals surface area contributed by atoms with E-state index in [4.69, 9.17) is 0 Å². The van der Waals surface area contributed by atoms with Crippen LogP contribution in [0.15, 0.2) is 23.1 Å². The molecule has 0 saturated carbocycles. The number of benzene rings is 1. The zero-order valence-corrected chi connectivity index (χ0v) is 10.4. The van der Waals surface area contributed by atoms with E-state index in [9.17, 15) is 13.2 Å². The van der Waals surface area contributed by atoms with Crippen molar-refractivity contribution in [3.63, 3.8) is 0 Å². The van der Waals surface area contributed by atoms with Gasteiger partial charge in [0, 0.05) is 18.9 Å². The van der Waals surface area contributed by atoms with Gasteiger partial charge >= 0.3 is 0 Å². The van der Waals surface area contributed by atoms with E-state index >= 15 is 0 Å². The van der Waals surface area contributed by atoms with Crippen LogP contribution in [-0.2, 0) is 16.3 Å². The Balaban J connectivity index is 3.38. The molecular weight excluding hydrogens is 226 g/mol. The molecular formula is C11H15NO3S. The van der Waals surface area contributed by atoms with Crippen LogP contribution in [0.1, 0.15) is 22.8 Å². The fraction of sp³-hybridized carbons (Fsp3) is 0.364. The minimum absolute atomic E-state index is 0.170. The second-order valence-electron chi connectivity index (χ2n) is 3.52. The number of aryl methyl sites for hydroxylation is 1. The highest BCUT2D eigenvalue weighted by molar-refractivity contribution is 7.90. The van der Waals surface area contributed by atoms with Gasteiger partial charge in [0.05, 0.1) is 4.90 Å². The molecule has 0 bridgehead atoms. The Kier molecular flexibility index (Phi) is 3.70. The Bertz CT molecular complexity index is 506. The third-order valence-electron chi connectivity index (χ3n) is 2.36. The van der Waals surface area contributed by atoms with E-state index in [0.29, 0.717) is 12.0 Å². The lowest BCUT2D eigenvalue weighted by molar-refractivity contribution is 0.0962. The molecule has 0 saturated heterocycles. The number of amides is 1. The van der Waals surface area contributed by atoms with Gasteiger partial charge < -0.3 is 5.32 Å². The molecule has 0 aliphatic carbocycles. The van der Waals surface area contributed by atoms with E-state index in [1.54, 1.807) is 6.07 Å². The van der Waals surface area contributed by atoms with Crippen LogP contribution < -0.4 is 5.32 Å². The molecule has 0 aliphatic rings. The lowest BCUT2D eigenvalue weighted by atomic mass is 10.0. The lowest BCUT2D eigenvalue weighted by Gasteiger charge is -2.08. The van der Waals surface area contributed by atoms with Crippen molar-refractivity contribution in [1.82, 2.24) is 5.32 Å². The van der Waals surface area contributed by atoms with Gasteiger partial charge in [0.25, 0.3) is 5.91 Å². The lowest BCUT2D eigenvalue weighted by Crippen LogP contribution is -2.20. The first-order chi connectivity index (χ1) is 7.40. The Morgan fingerprint density at radius 2 is 2.00 bits per heavy atom. The number of carbonyl (C=O) groups excluding carboxylic acids is 1. The van der Waals surface area contributed by atoms with Crippen LogP contribution in [0.3, 0.4) is 0 Å². The zero-order valence-electron chi connectivity index (χ0n) is 9.57. The maximum absolute atomic E-state index is 11.6. The quantitative estimate of drug-likeness (QED) is 0.859. The van der Waals surface area contributed by atoms with E-state index < -0.39 is 9.84 Å². The number of nitrogens with one attached hydrogen (secondary N) is 1. The molecule has 0 atom stereocenters. The van der Waals surface area contributed by atoms with Gasteiger partial charge in [-0.2, -0.15) is 0 Å². The van der Waals surface area contributed by atoms with Crippen LogP contribution in [0.5, 0.6) is 0 Å². The Morgan fingerprint density at radius 3 is 2.44 bits per heavy atom. The summed E-state index contributed by atoms with van der Waals surface area (Å²) in [6.07, 6.45) is 1.81. The average molecular weight is 241 g/mol. The topological polar surface area (TPSA) is 63.2 Å².